The second-order valence-electron chi connectivity index (χ2n) is 7.65. The van der Waals surface area contributed by atoms with Gasteiger partial charge in [0.2, 0.25) is 0 Å². The average molecular weight is 362 g/mol. The fourth-order valence-corrected chi connectivity index (χ4v) is 4.25. The minimum Gasteiger partial charge on any atom is -0.481 e. The molecule has 6 atom stereocenters. The fraction of sp³-hybridized carbons (Fsp3) is 0.714. The number of aliphatic carboxylic acids is 1. The van der Waals surface area contributed by atoms with E-state index in [0.717, 1.165) is 32.1 Å². The Morgan fingerprint density at radius 3 is 2.50 bits per heavy atom. The first-order valence-electron chi connectivity index (χ1n) is 10.0. The summed E-state index contributed by atoms with van der Waals surface area (Å²) in [5.41, 5.74) is 0. The molecule has 1 N–H and O–H groups in total. The van der Waals surface area contributed by atoms with E-state index >= 15 is 0 Å². The number of hydrogen-bond donors (Lipinski definition) is 1. The summed E-state index contributed by atoms with van der Waals surface area (Å²) in [4.78, 5) is 22.6. The minimum atomic E-state index is -0.745. The lowest BCUT2D eigenvalue weighted by molar-refractivity contribution is -0.137. The van der Waals surface area contributed by atoms with E-state index < -0.39 is 5.97 Å². The Hall–Kier alpha value is -1.46. The molecule has 26 heavy (non-hydrogen) atoms. The van der Waals surface area contributed by atoms with Gasteiger partial charge in [0.1, 0.15) is 12.2 Å². The molecule has 0 unspecified atom stereocenters. The van der Waals surface area contributed by atoms with Crippen molar-refractivity contribution in [3.8, 4) is 0 Å². The molecule has 3 aliphatic rings. The predicted molar refractivity (Wildman–Crippen MR) is 97.8 cm³/mol. The molecule has 0 radical (unpaired) electrons. The lowest BCUT2D eigenvalue weighted by Gasteiger charge is -2.22. The van der Waals surface area contributed by atoms with Crippen molar-refractivity contribution in [2.24, 2.45) is 11.8 Å². The summed E-state index contributed by atoms with van der Waals surface area (Å²) in [7, 11) is 0. The summed E-state index contributed by atoms with van der Waals surface area (Å²) in [6.45, 7) is 2.14. The molecule has 0 spiro atoms. The van der Waals surface area contributed by atoms with E-state index in [1.807, 2.05) is 0 Å². The third-order valence-corrected chi connectivity index (χ3v) is 5.69. The quantitative estimate of drug-likeness (QED) is 0.248. The van der Waals surface area contributed by atoms with E-state index in [4.69, 9.17) is 14.6 Å². The largest absolute Gasteiger partial charge is 0.481 e. The summed E-state index contributed by atoms with van der Waals surface area (Å²) < 4.78 is 11.8. The molecule has 3 aliphatic heterocycles. The molecule has 0 aromatic carbocycles. The zero-order chi connectivity index (χ0) is 18.5. The number of hydrogen-bond acceptors (Lipinski definition) is 4. The summed E-state index contributed by atoms with van der Waals surface area (Å²) in [5.74, 6) is 0.0461. The monoisotopic (exact) mass is 362 g/mol. The van der Waals surface area contributed by atoms with E-state index in [0.29, 0.717) is 18.8 Å². The SMILES string of the molecule is CCCCCC(=O)/C=C/[C@@H]1[C@H](C/C=C\CCCC(=O)O)[C@H]2O[C@@H]1[C@H]1O[C@H]12. The van der Waals surface area contributed by atoms with Crippen LogP contribution < -0.4 is 0 Å². The molecule has 5 heteroatoms. The number of carboxylic acids is 1. The van der Waals surface area contributed by atoms with Crippen LogP contribution in [0, 0.1) is 11.8 Å². The summed E-state index contributed by atoms with van der Waals surface area (Å²) in [6.07, 6.45) is 15.1. The van der Waals surface area contributed by atoms with Gasteiger partial charge in [0, 0.05) is 24.7 Å². The van der Waals surface area contributed by atoms with Crippen LogP contribution in [0.25, 0.3) is 0 Å². The van der Waals surface area contributed by atoms with E-state index in [-0.39, 0.29) is 42.5 Å². The molecular formula is C21H30O5. The molecule has 5 nitrogen and oxygen atoms in total. The van der Waals surface area contributed by atoms with Gasteiger partial charge in [-0.05, 0) is 31.8 Å². The van der Waals surface area contributed by atoms with Crippen molar-refractivity contribution in [1.82, 2.24) is 0 Å². The highest BCUT2D eigenvalue weighted by molar-refractivity contribution is 5.89. The van der Waals surface area contributed by atoms with Crippen molar-refractivity contribution in [1.29, 1.82) is 0 Å². The highest BCUT2D eigenvalue weighted by atomic mass is 16.7. The van der Waals surface area contributed by atoms with Gasteiger partial charge >= 0.3 is 5.97 Å². The lowest BCUT2D eigenvalue weighted by Crippen LogP contribution is -2.31. The maximum Gasteiger partial charge on any atom is 0.303 e. The zero-order valence-corrected chi connectivity index (χ0v) is 15.5. The highest BCUT2D eigenvalue weighted by Crippen LogP contribution is 2.55. The van der Waals surface area contributed by atoms with Crippen molar-refractivity contribution in [3.05, 3.63) is 24.3 Å². The molecule has 2 bridgehead atoms. The van der Waals surface area contributed by atoms with Crippen molar-refractivity contribution in [2.75, 3.05) is 0 Å². The molecule has 3 rings (SSSR count). The van der Waals surface area contributed by atoms with Gasteiger partial charge in [0.15, 0.2) is 5.78 Å². The van der Waals surface area contributed by atoms with Crippen LogP contribution in [0.3, 0.4) is 0 Å². The first-order valence-corrected chi connectivity index (χ1v) is 10.0. The Labute approximate surface area is 155 Å². The van der Waals surface area contributed by atoms with Gasteiger partial charge in [-0.1, -0.05) is 38.0 Å². The number of rotatable bonds is 12. The second-order valence-corrected chi connectivity index (χ2v) is 7.65. The van der Waals surface area contributed by atoms with Gasteiger partial charge in [0.25, 0.3) is 0 Å². The van der Waals surface area contributed by atoms with Gasteiger partial charge in [0.05, 0.1) is 12.2 Å². The zero-order valence-electron chi connectivity index (χ0n) is 15.5. The highest BCUT2D eigenvalue weighted by Gasteiger charge is 2.68. The molecule has 3 heterocycles. The molecule has 0 saturated carbocycles. The van der Waals surface area contributed by atoms with Gasteiger partial charge in [-0.2, -0.15) is 0 Å². The molecule has 3 saturated heterocycles. The summed E-state index contributed by atoms with van der Waals surface area (Å²) in [6, 6.07) is 0. The van der Waals surface area contributed by atoms with Crippen LogP contribution in [0.4, 0.5) is 0 Å². The van der Waals surface area contributed by atoms with E-state index in [1.165, 1.54) is 0 Å². The van der Waals surface area contributed by atoms with E-state index in [1.54, 1.807) is 6.08 Å². The van der Waals surface area contributed by atoms with Gasteiger partial charge in [-0.15, -0.1) is 0 Å². The molecule has 0 aromatic rings. The van der Waals surface area contributed by atoms with Gasteiger partial charge in [-0.25, -0.2) is 0 Å². The summed E-state index contributed by atoms with van der Waals surface area (Å²) >= 11 is 0. The van der Waals surface area contributed by atoms with Crippen LogP contribution in [0.1, 0.15) is 58.3 Å². The third-order valence-electron chi connectivity index (χ3n) is 5.69. The number of ketones is 1. The van der Waals surface area contributed by atoms with Crippen LogP contribution >= 0.6 is 0 Å². The van der Waals surface area contributed by atoms with Crippen LogP contribution in [0.15, 0.2) is 24.3 Å². The third kappa shape index (κ3) is 4.63. The van der Waals surface area contributed by atoms with Crippen LogP contribution in [0.5, 0.6) is 0 Å². The number of fused-ring (bicyclic) bond motifs is 5. The second kappa shape index (κ2) is 8.96. The smallest absolute Gasteiger partial charge is 0.303 e. The standard InChI is InChI=1S/C21H30O5/c1-2-3-6-9-14(22)12-13-16-15(10-7-4-5-8-11-17(23)24)18-20-21(26-20)19(16)25-18/h4,7,12-13,15-16,18-21H,2-3,5-6,8-11H2,1H3,(H,23,24)/b7-4-,13-12+/t15-,16+,18+,19-,20-,21+/m0/s1. The van der Waals surface area contributed by atoms with Crippen LogP contribution in [0.2, 0.25) is 0 Å². The molecule has 0 amide bonds. The topological polar surface area (TPSA) is 76.1 Å². The number of epoxide rings is 1. The van der Waals surface area contributed by atoms with Crippen molar-refractivity contribution in [2.45, 2.75) is 82.7 Å². The normalized spacial score (nSPS) is 34.7. The number of carbonyl (C=O) groups excluding carboxylic acids is 1. The number of carbonyl (C=O) groups is 2. The Kier molecular flexibility index (Phi) is 6.65. The molecule has 3 fully saturated rings. The van der Waals surface area contributed by atoms with Gasteiger partial charge < -0.3 is 14.6 Å². The van der Waals surface area contributed by atoms with E-state index in [2.05, 4.69) is 25.2 Å². The maximum atomic E-state index is 12.0. The van der Waals surface area contributed by atoms with Crippen LogP contribution in [-0.4, -0.2) is 41.3 Å². The first kappa shape index (κ1) is 19.3. The Morgan fingerprint density at radius 2 is 1.73 bits per heavy atom. The van der Waals surface area contributed by atoms with Crippen molar-refractivity contribution < 1.29 is 24.2 Å². The summed E-state index contributed by atoms with van der Waals surface area (Å²) in [5, 5.41) is 8.66. The fourth-order valence-electron chi connectivity index (χ4n) is 4.25. The maximum absolute atomic E-state index is 12.0. The Morgan fingerprint density at radius 1 is 0.962 bits per heavy atom. The van der Waals surface area contributed by atoms with Crippen LogP contribution in [-0.2, 0) is 19.1 Å². The average Bonchev–Trinajstić information content (AvgIpc) is 3.23. The van der Waals surface area contributed by atoms with E-state index in [9.17, 15) is 9.59 Å². The molecule has 0 aliphatic carbocycles. The number of ether oxygens (including phenoxy) is 2. The number of unbranched alkanes of at least 4 members (excludes halogenated alkanes) is 3. The Bertz CT molecular complexity index is 567. The van der Waals surface area contributed by atoms with Crippen molar-refractivity contribution in [3.63, 3.8) is 0 Å². The first-order chi connectivity index (χ1) is 12.6. The number of carboxylic acid groups (broad SMARTS) is 1. The lowest BCUT2D eigenvalue weighted by atomic mass is 9.77. The molecular weight excluding hydrogens is 332 g/mol. The molecule has 0 aromatic heterocycles. The minimum absolute atomic E-state index is 0.0927. The predicted octanol–water partition coefficient (Wildman–Crippen LogP) is 3.67. The Balaban J connectivity index is 1.49. The van der Waals surface area contributed by atoms with Gasteiger partial charge in [-0.3, -0.25) is 9.59 Å². The van der Waals surface area contributed by atoms with Crippen molar-refractivity contribution >= 4 is 11.8 Å². The number of allylic oxidation sites excluding steroid dienone is 3. The molecule has 144 valence electrons.